The Morgan fingerprint density at radius 2 is 1.90 bits per heavy atom. The van der Waals surface area contributed by atoms with Gasteiger partial charge < -0.3 is 10.1 Å². The van der Waals surface area contributed by atoms with Gasteiger partial charge in [-0.05, 0) is 23.8 Å². The van der Waals surface area contributed by atoms with Crippen LogP contribution < -0.4 is 10.1 Å². The Bertz CT molecular complexity index is 626. The maximum Gasteiger partial charge on any atom is 0.166 e. The summed E-state index contributed by atoms with van der Waals surface area (Å²) >= 11 is 0. The lowest BCUT2D eigenvalue weighted by Crippen LogP contribution is -2.22. The van der Waals surface area contributed by atoms with E-state index in [0.717, 1.165) is 17.4 Å². The summed E-state index contributed by atoms with van der Waals surface area (Å²) in [6.07, 6.45) is 0. The van der Waals surface area contributed by atoms with Gasteiger partial charge >= 0.3 is 0 Å². The second kappa shape index (κ2) is 6.68. The van der Waals surface area contributed by atoms with Gasteiger partial charge in [-0.2, -0.15) is 0 Å². The molecule has 2 nitrogen and oxygen atoms in total. The first-order valence-corrected chi connectivity index (χ1v) is 6.87. The first-order chi connectivity index (χ1) is 10.0. The summed E-state index contributed by atoms with van der Waals surface area (Å²) in [4.78, 5) is 0. The minimum atomic E-state index is -0.842. The molecule has 0 radical (unpaired) electrons. The molecule has 0 fully saturated rings. The van der Waals surface area contributed by atoms with Crippen LogP contribution in [0.5, 0.6) is 5.75 Å². The van der Waals surface area contributed by atoms with E-state index in [1.165, 1.54) is 6.07 Å². The van der Waals surface area contributed by atoms with E-state index in [4.69, 9.17) is 4.74 Å². The van der Waals surface area contributed by atoms with Crippen LogP contribution in [0.25, 0.3) is 11.1 Å². The largest absolute Gasteiger partial charge is 0.496 e. The molecular weight excluding hydrogens is 272 g/mol. The Hall–Kier alpha value is -1.94. The second-order valence-electron chi connectivity index (χ2n) is 5.16. The van der Waals surface area contributed by atoms with Gasteiger partial charge in [0.2, 0.25) is 0 Å². The van der Waals surface area contributed by atoms with Crippen molar-refractivity contribution in [3.05, 3.63) is 53.6 Å². The van der Waals surface area contributed by atoms with Gasteiger partial charge in [0.1, 0.15) is 5.75 Å². The van der Waals surface area contributed by atoms with Gasteiger partial charge in [-0.15, -0.1) is 0 Å². The van der Waals surface area contributed by atoms with Crippen molar-refractivity contribution in [2.75, 3.05) is 7.11 Å². The van der Waals surface area contributed by atoms with Crippen LogP contribution in [0, 0.1) is 11.6 Å². The van der Waals surface area contributed by atoms with E-state index in [2.05, 4.69) is 5.32 Å². The molecule has 0 unspecified atom stereocenters. The number of nitrogens with one attached hydrogen (secondary N) is 1. The topological polar surface area (TPSA) is 21.3 Å². The molecule has 4 heteroatoms. The van der Waals surface area contributed by atoms with Gasteiger partial charge in [0.25, 0.3) is 0 Å². The minimum Gasteiger partial charge on any atom is -0.496 e. The van der Waals surface area contributed by atoms with Gasteiger partial charge in [-0.1, -0.05) is 32.0 Å². The van der Waals surface area contributed by atoms with Crippen LogP contribution in [0.15, 0.2) is 36.4 Å². The average Bonchev–Trinajstić information content (AvgIpc) is 2.47. The minimum absolute atomic E-state index is 0.253. The molecule has 2 rings (SSSR count). The molecule has 21 heavy (non-hydrogen) atoms. The predicted molar refractivity (Wildman–Crippen MR) is 80.3 cm³/mol. The van der Waals surface area contributed by atoms with Crippen LogP contribution in [-0.2, 0) is 6.54 Å². The normalized spacial score (nSPS) is 11.0. The molecule has 0 aromatic heterocycles. The Morgan fingerprint density at radius 3 is 2.57 bits per heavy atom. The number of halogens is 2. The van der Waals surface area contributed by atoms with Crippen molar-refractivity contribution in [3.63, 3.8) is 0 Å². The van der Waals surface area contributed by atoms with E-state index >= 15 is 0 Å². The zero-order chi connectivity index (χ0) is 15.4. The molecule has 2 aromatic rings. The van der Waals surface area contributed by atoms with E-state index in [9.17, 15) is 8.78 Å². The van der Waals surface area contributed by atoms with Gasteiger partial charge in [-0.3, -0.25) is 0 Å². The molecule has 2 aromatic carbocycles. The highest BCUT2D eigenvalue weighted by Crippen LogP contribution is 2.29. The second-order valence-corrected chi connectivity index (χ2v) is 5.16. The maximum absolute atomic E-state index is 13.9. The third kappa shape index (κ3) is 3.58. The summed E-state index contributed by atoms with van der Waals surface area (Å²) in [6, 6.07) is 9.84. The van der Waals surface area contributed by atoms with E-state index < -0.39 is 11.6 Å². The van der Waals surface area contributed by atoms with Gasteiger partial charge in [-0.25, -0.2) is 8.78 Å². The van der Waals surface area contributed by atoms with Crippen LogP contribution in [0.3, 0.4) is 0 Å². The number of hydrogen-bond acceptors (Lipinski definition) is 2. The molecule has 112 valence electrons. The zero-order valence-corrected chi connectivity index (χ0v) is 12.4. The first kappa shape index (κ1) is 15.4. The van der Waals surface area contributed by atoms with E-state index in [1.54, 1.807) is 25.3 Å². The van der Waals surface area contributed by atoms with Crippen LogP contribution >= 0.6 is 0 Å². The Labute approximate surface area is 123 Å². The monoisotopic (exact) mass is 291 g/mol. The van der Waals surface area contributed by atoms with Crippen molar-refractivity contribution in [3.8, 4) is 16.9 Å². The molecule has 0 aliphatic carbocycles. The van der Waals surface area contributed by atoms with Crippen LogP contribution in [0.4, 0.5) is 8.78 Å². The molecular formula is C17H19F2NO. The average molecular weight is 291 g/mol. The highest BCUT2D eigenvalue weighted by Gasteiger charge is 2.12. The van der Waals surface area contributed by atoms with Crippen molar-refractivity contribution in [2.45, 2.75) is 26.4 Å². The van der Waals surface area contributed by atoms with E-state index in [1.807, 2.05) is 19.9 Å². The maximum atomic E-state index is 13.9. The lowest BCUT2D eigenvalue weighted by atomic mass is 10.0. The quantitative estimate of drug-likeness (QED) is 0.894. The fourth-order valence-electron chi connectivity index (χ4n) is 2.13. The van der Waals surface area contributed by atoms with Crippen molar-refractivity contribution in [1.29, 1.82) is 0 Å². The lowest BCUT2D eigenvalue weighted by Gasteiger charge is -2.14. The molecule has 0 spiro atoms. The van der Waals surface area contributed by atoms with Crippen LogP contribution in [0.1, 0.15) is 19.4 Å². The highest BCUT2D eigenvalue weighted by molar-refractivity contribution is 5.66. The lowest BCUT2D eigenvalue weighted by molar-refractivity contribution is 0.406. The van der Waals surface area contributed by atoms with Gasteiger partial charge in [0.15, 0.2) is 11.6 Å². The molecule has 0 heterocycles. The van der Waals surface area contributed by atoms with Gasteiger partial charge in [0, 0.05) is 23.7 Å². The summed E-state index contributed by atoms with van der Waals surface area (Å²) in [7, 11) is 1.59. The molecule has 0 aliphatic rings. The Kier molecular flexibility index (Phi) is 4.91. The smallest absolute Gasteiger partial charge is 0.166 e. The molecule has 1 N–H and O–H groups in total. The zero-order valence-electron chi connectivity index (χ0n) is 12.4. The fourth-order valence-corrected chi connectivity index (χ4v) is 2.13. The number of ether oxygens (including phenoxy) is 1. The Balaban J connectivity index is 2.41. The van der Waals surface area contributed by atoms with Crippen molar-refractivity contribution >= 4 is 0 Å². The van der Waals surface area contributed by atoms with Crippen molar-refractivity contribution in [1.82, 2.24) is 5.32 Å². The van der Waals surface area contributed by atoms with Crippen LogP contribution in [0.2, 0.25) is 0 Å². The predicted octanol–water partition coefficient (Wildman–Crippen LogP) is 4.14. The molecule has 0 bridgehead atoms. The van der Waals surface area contributed by atoms with E-state index in [-0.39, 0.29) is 5.56 Å². The van der Waals surface area contributed by atoms with Gasteiger partial charge in [0.05, 0.1) is 7.11 Å². The molecule has 0 amide bonds. The Morgan fingerprint density at radius 1 is 1.14 bits per heavy atom. The summed E-state index contributed by atoms with van der Waals surface area (Å²) in [5.41, 5.74) is 1.80. The van der Waals surface area contributed by atoms with Crippen LogP contribution in [-0.4, -0.2) is 13.2 Å². The molecule has 0 atom stereocenters. The number of hydrogen-bond donors (Lipinski definition) is 1. The van der Waals surface area contributed by atoms with Crippen molar-refractivity contribution in [2.24, 2.45) is 0 Å². The number of methoxy groups -OCH3 is 1. The number of benzene rings is 2. The third-order valence-electron chi connectivity index (χ3n) is 3.24. The van der Waals surface area contributed by atoms with E-state index in [0.29, 0.717) is 18.2 Å². The molecule has 0 saturated heterocycles. The fraction of sp³-hybridized carbons (Fsp3) is 0.294. The van der Waals surface area contributed by atoms with Crippen molar-refractivity contribution < 1.29 is 13.5 Å². The summed E-state index contributed by atoms with van der Waals surface area (Å²) in [5, 5.41) is 3.29. The highest BCUT2D eigenvalue weighted by atomic mass is 19.2. The molecule has 0 saturated carbocycles. The molecule has 0 aliphatic heterocycles. The summed E-state index contributed by atoms with van der Waals surface area (Å²) < 4.78 is 32.6. The SMILES string of the molecule is COc1ccc(-c2cccc(F)c2F)cc1CNC(C)C. The standard InChI is InChI=1S/C17H19F2NO/c1-11(2)20-10-13-9-12(7-8-16(13)21-3)14-5-4-6-15(18)17(14)19/h4-9,11,20H,10H2,1-3H3. The first-order valence-electron chi connectivity index (χ1n) is 6.87. The third-order valence-corrected chi connectivity index (χ3v) is 3.24. The summed E-state index contributed by atoms with van der Waals surface area (Å²) in [6.45, 7) is 4.69. The number of rotatable bonds is 5. The summed E-state index contributed by atoms with van der Waals surface area (Å²) in [5.74, 6) is -0.945.